The van der Waals surface area contributed by atoms with Gasteiger partial charge in [0, 0.05) is 38.3 Å². The van der Waals surface area contributed by atoms with Crippen molar-refractivity contribution >= 4 is 21.9 Å². The molecule has 0 spiro atoms. The quantitative estimate of drug-likeness (QED) is 0.395. The molecule has 0 saturated carbocycles. The predicted molar refractivity (Wildman–Crippen MR) is 89.6 cm³/mol. The highest BCUT2D eigenvalue weighted by atomic mass is 79.9. The molecular formula is C15H23BrFN3O2. The Bertz CT molecular complexity index is 472. The maximum atomic E-state index is 13.2. The molecule has 22 heavy (non-hydrogen) atoms. The SMILES string of the molecule is CN=C(NCCCOCCOC)NCc1cc(F)ccc1Br. The molecule has 5 nitrogen and oxygen atoms in total. The lowest BCUT2D eigenvalue weighted by Gasteiger charge is -2.13. The Morgan fingerprint density at radius 1 is 1.27 bits per heavy atom. The largest absolute Gasteiger partial charge is 0.382 e. The highest BCUT2D eigenvalue weighted by Crippen LogP contribution is 2.17. The van der Waals surface area contributed by atoms with Crippen LogP contribution < -0.4 is 10.6 Å². The standard InChI is InChI=1S/C15H23BrFN3O2/c1-18-15(19-6-3-7-22-9-8-21-2)20-11-12-10-13(17)4-5-14(12)16/h4-5,10H,3,6-9,11H2,1-2H3,(H2,18,19,20). The first-order chi connectivity index (χ1) is 10.7. The molecule has 0 fully saturated rings. The van der Waals surface area contributed by atoms with Crippen molar-refractivity contribution in [2.45, 2.75) is 13.0 Å². The summed E-state index contributed by atoms with van der Waals surface area (Å²) in [4.78, 5) is 4.13. The molecule has 0 amide bonds. The minimum Gasteiger partial charge on any atom is -0.382 e. The number of hydrogen-bond acceptors (Lipinski definition) is 3. The van der Waals surface area contributed by atoms with Gasteiger partial charge in [-0.1, -0.05) is 15.9 Å². The summed E-state index contributed by atoms with van der Waals surface area (Å²) in [6.45, 7) is 3.12. The van der Waals surface area contributed by atoms with Gasteiger partial charge in [0.25, 0.3) is 0 Å². The lowest BCUT2D eigenvalue weighted by atomic mass is 10.2. The summed E-state index contributed by atoms with van der Waals surface area (Å²) in [5, 5.41) is 6.33. The van der Waals surface area contributed by atoms with Crippen LogP contribution in [0, 0.1) is 5.82 Å². The molecule has 0 aliphatic rings. The molecule has 0 aliphatic heterocycles. The van der Waals surface area contributed by atoms with Gasteiger partial charge < -0.3 is 20.1 Å². The summed E-state index contributed by atoms with van der Waals surface area (Å²) < 4.78 is 24.3. The third-order valence-electron chi connectivity index (χ3n) is 2.87. The Morgan fingerprint density at radius 2 is 2.09 bits per heavy atom. The second-order valence-corrected chi connectivity index (χ2v) is 5.40. The van der Waals surface area contributed by atoms with Crippen LogP contribution in [0.25, 0.3) is 0 Å². The number of halogens is 2. The first-order valence-electron chi connectivity index (χ1n) is 7.12. The first-order valence-corrected chi connectivity index (χ1v) is 7.91. The number of nitrogens with zero attached hydrogens (tertiary/aromatic N) is 1. The summed E-state index contributed by atoms with van der Waals surface area (Å²) in [7, 11) is 3.35. The van der Waals surface area contributed by atoms with E-state index in [0.29, 0.717) is 32.3 Å². The third kappa shape index (κ3) is 7.72. The molecule has 1 aromatic carbocycles. The van der Waals surface area contributed by atoms with Crippen molar-refractivity contribution in [1.29, 1.82) is 0 Å². The summed E-state index contributed by atoms with van der Waals surface area (Å²) >= 11 is 3.40. The minimum atomic E-state index is -0.254. The molecule has 0 aliphatic carbocycles. The molecule has 1 rings (SSSR count). The highest BCUT2D eigenvalue weighted by molar-refractivity contribution is 9.10. The zero-order valence-corrected chi connectivity index (χ0v) is 14.6. The van der Waals surface area contributed by atoms with Gasteiger partial charge in [0.2, 0.25) is 0 Å². The van der Waals surface area contributed by atoms with Crippen LogP contribution in [-0.4, -0.2) is 46.5 Å². The number of methoxy groups -OCH3 is 1. The van der Waals surface area contributed by atoms with Crippen molar-refractivity contribution < 1.29 is 13.9 Å². The second kappa shape index (κ2) is 11.4. The van der Waals surface area contributed by atoms with E-state index in [1.807, 2.05) is 0 Å². The van der Waals surface area contributed by atoms with E-state index in [0.717, 1.165) is 23.0 Å². The number of benzene rings is 1. The van der Waals surface area contributed by atoms with Gasteiger partial charge in [-0.15, -0.1) is 0 Å². The molecule has 7 heteroatoms. The van der Waals surface area contributed by atoms with Gasteiger partial charge >= 0.3 is 0 Å². The molecule has 0 saturated heterocycles. The Morgan fingerprint density at radius 3 is 2.82 bits per heavy atom. The number of aliphatic imine (C=N–C) groups is 1. The lowest BCUT2D eigenvalue weighted by molar-refractivity contribution is 0.0698. The van der Waals surface area contributed by atoms with Gasteiger partial charge in [0.1, 0.15) is 5.82 Å². The summed E-state index contributed by atoms with van der Waals surface area (Å²) in [5.74, 6) is 0.421. The van der Waals surface area contributed by atoms with Gasteiger partial charge in [-0.3, -0.25) is 4.99 Å². The fourth-order valence-corrected chi connectivity index (χ4v) is 2.09. The number of guanidine groups is 1. The zero-order chi connectivity index (χ0) is 16.2. The van der Waals surface area contributed by atoms with Crippen LogP contribution in [-0.2, 0) is 16.0 Å². The van der Waals surface area contributed by atoms with Crippen LogP contribution in [0.5, 0.6) is 0 Å². The molecule has 0 atom stereocenters. The van der Waals surface area contributed by atoms with E-state index in [4.69, 9.17) is 9.47 Å². The maximum absolute atomic E-state index is 13.2. The van der Waals surface area contributed by atoms with Gasteiger partial charge in [-0.2, -0.15) is 0 Å². The summed E-state index contributed by atoms with van der Waals surface area (Å²) in [6, 6.07) is 4.61. The van der Waals surface area contributed by atoms with Crippen LogP contribution in [0.3, 0.4) is 0 Å². The Kier molecular flexibility index (Phi) is 9.77. The summed E-state index contributed by atoms with van der Waals surface area (Å²) in [5.41, 5.74) is 0.839. The van der Waals surface area contributed by atoms with E-state index in [1.165, 1.54) is 12.1 Å². The molecule has 124 valence electrons. The van der Waals surface area contributed by atoms with Crippen LogP contribution in [0.4, 0.5) is 4.39 Å². The topological polar surface area (TPSA) is 54.9 Å². The Labute approximate surface area is 139 Å². The monoisotopic (exact) mass is 375 g/mol. The van der Waals surface area contributed by atoms with Crippen molar-refractivity contribution in [1.82, 2.24) is 10.6 Å². The van der Waals surface area contributed by atoms with Crippen molar-refractivity contribution in [3.63, 3.8) is 0 Å². The van der Waals surface area contributed by atoms with Crippen LogP contribution in [0.2, 0.25) is 0 Å². The maximum Gasteiger partial charge on any atom is 0.191 e. The number of hydrogen-bond donors (Lipinski definition) is 2. The molecule has 0 unspecified atom stereocenters. The lowest BCUT2D eigenvalue weighted by Crippen LogP contribution is -2.37. The van der Waals surface area contributed by atoms with Crippen molar-refractivity contribution in [2.75, 3.05) is 40.5 Å². The number of nitrogens with one attached hydrogen (secondary N) is 2. The fourth-order valence-electron chi connectivity index (χ4n) is 1.70. The molecule has 0 bridgehead atoms. The predicted octanol–water partition coefficient (Wildman–Crippen LogP) is 2.31. The van der Waals surface area contributed by atoms with Crippen molar-refractivity contribution in [2.24, 2.45) is 4.99 Å². The van der Waals surface area contributed by atoms with E-state index in [2.05, 4.69) is 31.6 Å². The van der Waals surface area contributed by atoms with Gasteiger partial charge in [0.15, 0.2) is 5.96 Å². The highest BCUT2D eigenvalue weighted by Gasteiger charge is 2.03. The van der Waals surface area contributed by atoms with Gasteiger partial charge in [-0.05, 0) is 30.2 Å². The Hall–Kier alpha value is -1.18. The molecule has 0 radical (unpaired) electrons. The summed E-state index contributed by atoms with van der Waals surface area (Å²) in [6.07, 6.45) is 0.869. The molecule has 0 aromatic heterocycles. The van der Waals surface area contributed by atoms with E-state index in [-0.39, 0.29) is 5.82 Å². The molecule has 2 N–H and O–H groups in total. The van der Waals surface area contributed by atoms with Gasteiger partial charge in [0.05, 0.1) is 13.2 Å². The van der Waals surface area contributed by atoms with Crippen molar-refractivity contribution in [3.8, 4) is 0 Å². The average Bonchev–Trinajstić information content (AvgIpc) is 2.52. The molecular weight excluding hydrogens is 353 g/mol. The smallest absolute Gasteiger partial charge is 0.191 e. The average molecular weight is 376 g/mol. The normalized spacial score (nSPS) is 11.5. The Balaban J connectivity index is 2.24. The molecule has 0 heterocycles. The van der Waals surface area contributed by atoms with Crippen LogP contribution in [0.1, 0.15) is 12.0 Å². The van der Waals surface area contributed by atoms with Crippen LogP contribution in [0.15, 0.2) is 27.7 Å². The molecule has 1 aromatic rings. The number of ether oxygens (including phenoxy) is 2. The van der Waals surface area contributed by atoms with Gasteiger partial charge in [-0.25, -0.2) is 4.39 Å². The minimum absolute atomic E-state index is 0.254. The van der Waals surface area contributed by atoms with E-state index in [9.17, 15) is 4.39 Å². The van der Waals surface area contributed by atoms with Crippen molar-refractivity contribution in [3.05, 3.63) is 34.1 Å². The van der Waals surface area contributed by atoms with Crippen LogP contribution >= 0.6 is 15.9 Å². The third-order valence-corrected chi connectivity index (χ3v) is 3.64. The van der Waals surface area contributed by atoms with E-state index in [1.54, 1.807) is 20.2 Å². The number of rotatable bonds is 9. The second-order valence-electron chi connectivity index (χ2n) is 4.55. The first kappa shape index (κ1) is 18.9. The zero-order valence-electron chi connectivity index (χ0n) is 13.0. The van der Waals surface area contributed by atoms with E-state index < -0.39 is 0 Å². The fraction of sp³-hybridized carbons (Fsp3) is 0.533. The van der Waals surface area contributed by atoms with E-state index >= 15 is 0 Å².